The molecular weight excluding hydrogens is 378 g/mol. The molecule has 0 saturated carbocycles. The van der Waals surface area contributed by atoms with Crippen LogP contribution in [0.15, 0.2) is 46.8 Å². The van der Waals surface area contributed by atoms with Gasteiger partial charge in [0.15, 0.2) is 5.82 Å². The first-order chi connectivity index (χ1) is 13.1. The van der Waals surface area contributed by atoms with Crippen LogP contribution in [-0.4, -0.2) is 35.8 Å². The van der Waals surface area contributed by atoms with Gasteiger partial charge in [0.25, 0.3) is 5.91 Å². The summed E-state index contributed by atoms with van der Waals surface area (Å²) in [6.07, 6.45) is 2.67. The van der Waals surface area contributed by atoms with E-state index < -0.39 is 0 Å². The second-order valence-corrected chi connectivity index (χ2v) is 7.59. The minimum absolute atomic E-state index is 0.136. The molecule has 0 spiro atoms. The van der Waals surface area contributed by atoms with Crippen LogP contribution in [0.25, 0.3) is 10.7 Å². The third-order valence-electron chi connectivity index (χ3n) is 4.08. The van der Waals surface area contributed by atoms with Gasteiger partial charge >= 0.3 is 0 Å². The first kappa shape index (κ1) is 19.4. The lowest BCUT2D eigenvalue weighted by molar-refractivity contribution is 0.0949. The predicted molar refractivity (Wildman–Crippen MR) is 111 cm³/mol. The number of nitrogens with zero attached hydrogens (tertiary/aromatic N) is 2. The number of aryl methyl sites for hydroxylation is 1. The fourth-order valence-corrected chi connectivity index (χ4v) is 3.95. The lowest BCUT2D eigenvalue weighted by atomic mass is 10.1. The Kier molecular flexibility index (Phi) is 6.47. The van der Waals surface area contributed by atoms with Crippen molar-refractivity contribution in [3.05, 3.63) is 58.6 Å². The summed E-state index contributed by atoms with van der Waals surface area (Å²) in [4.78, 5) is 22.8. The Morgan fingerprint density at radius 3 is 2.63 bits per heavy atom. The Morgan fingerprint density at radius 2 is 2.00 bits per heavy atom. The summed E-state index contributed by atoms with van der Waals surface area (Å²) in [6.45, 7) is 2.40. The van der Waals surface area contributed by atoms with Gasteiger partial charge in [-0.3, -0.25) is 4.79 Å². The zero-order valence-corrected chi connectivity index (χ0v) is 17.1. The summed E-state index contributed by atoms with van der Waals surface area (Å²) in [6, 6.07) is 11.8. The van der Waals surface area contributed by atoms with Crippen LogP contribution in [0.3, 0.4) is 0 Å². The van der Waals surface area contributed by atoms with Crippen molar-refractivity contribution in [2.75, 3.05) is 19.9 Å². The molecule has 0 bridgehead atoms. The molecule has 0 aliphatic heterocycles. The molecule has 2 aromatic heterocycles. The molecule has 0 fully saturated rings. The molecule has 3 rings (SSSR count). The largest absolute Gasteiger partial charge is 0.497 e. The Morgan fingerprint density at radius 1 is 1.22 bits per heavy atom. The lowest BCUT2D eigenvalue weighted by Gasteiger charge is -2.12. The SMILES string of the molecule is COc1ccc(CCNC(=O)c2c(C)nc(-c3cccs3)nc2SC)cc1. The van der Waals surface area contributed by atoms with Gasteiger partial charge in [-0.1, -0.05) is 18.2 Å². The van der Waals surface area contributed by atoms with E-state index in [0.717, 1.165) is 22.6 Å². The molecule has 1 N–H and O–H groups in total. The molecule has 3 aromatic rings. The van der Waals surface area contributed by atoms with Gasteiger partial charge in [-0.25, -0.2) is 9.97 Å². The average molecular weight is 400 g/mol. The number of hydrogen-bond acceptors (Lipinski definition) is 6. The number of hydrogen-bond donors (Lipinski definition) is 1. The molecule has 1 aromatic carbocycles. The van der Waals surface area contributed by atoms with Crippen LogP contribution < -0.4 is 10.1 Å². The van der Waals surface area contributed by atoms with Gasteiger partial charge in [0, 0.05) is 6.54 Å². The summed E-state index contributed by atoms with van der Waals surface area (Å²) >= 11 is 3.05. The van der Waals surface area contributed by atoms with Crippen molar-refractivity contribution in [2.45, 2.75) is 18.4 Å². The van der Waals surface area contributed by atoms with Gasteiger partial charge in [-0.05, 0) is 48.7 Å². The van der Waals surface area contributed by atoms with Crippen LogP contribution in [0.2, 0.25) is 0 Å². The maximum atomic E-state index is 12.7. The average Bonchev–Trinajstić information content (AvgIpc) is 3.22. The van der Waals surface area contributed by atoms with Crippen LogP contribution in [0.1, 0.15) is 21.6 Å². The second kappa shape index (κ2) is 9.01. The van der Waals surface area contributed by atoms with Gasteiger partial charge in [-0.15, -0.1) is 23.1 Å². The molecule has 0 aliphatic carbocycles. The molecule has 0 atom stereocenters. The Bertz CT molecular complexity index is 910. The molecule has 0 aliphatic rings. The number of nitrogens with one attached hydrogen (secondary N) is 1. The van der Waals surface area contributed by atoms with E-state index in [9.17, 15) is 4.79 Å². The standard InChI is InChI=1S/C20H21N3O2S2/c1-13-17(20(26-3)23-18(22-13)16-5-4-12-27-16)19(24)21-11-10-14-6-8-15(25-2)9-7-14/h4-9,12H,10-11H2,1-3H3,(H,21,24). The van der Waals surface area contributed by atoms with E-state index in [-0.39, 0.29) is 5.91 Å². The van der Waals surface area contributed by atoms with E-state index in [1.165, 1.54) is 11.8 Å². The number of carbonyl (C=O) groups excluding carboxylic acids is 1. The molecule has 1 amide bonds. The number of methoxy groups -OCH3 is 1. The van der Waals surface area contributed by atoms with E-state index in [4.69, 9.17) is 4.74 Å². The molecular formula is C20H21N3O2S2. The van der Waals surface area contributed by atoms with Gasteiger partial charge in [0.1, 0.15) is 10.8 Å². The highest BCUT2D eigenvalue weighted by Crippen LogP contribution is 2.27. The quantitative estimate of drug-likeness (QED) is 0.476. The Balaban J connectivity index is 1.70. The van der Waals surface area contributed by atoms with Gasteiger partial charge in [0.2, 0.25) is 0 Å². The summed E-state index contributed by atoms with van der Waals surface area (Å²) < 4.78 is 5.16. The number of thioether (sulfide) groups is 1. The molecule has 140 valence electrons. The first-order valence-electron chi connectivity index (χ1n) is 8.50. The van der Waals surface area contributed by atoms with E-state index in [1.807, 2.05) is 55.0 Å². The minimum Gasteiger partial charge on any atom is -0.497 e. The number of benzene rings is 1. The molecule has 7 heteroatoms. The van der Waals surface area contributed by atoms with Crippen LogP contribution in [0.4, 0.5) is 0 Å². The highest BCUT2D eigenvalue weighted by molar-refractivity contribution is 7.98. The van der Waals surface area contributed by atoms with Gasteiger partial charge in [0.05, 0.1) is 23.2 Å². The normalized spacial score (nSPS) is 10.6. The van der Waals surface area contributed by atoms with Crippen molar-refractivity contribution in [1.82, 2.24) is 15.3 Å². The number of carbonyl (C=O) groups is 1. The van der Waals surface area contributed by atoms with Crippen molar-refractivity contribution >= 4 is 29.0 Å². The third-order valence-corrected chi connectivity index (χ3v) is 5.62. The maximum Gasteiger partial charge on any atom is 0.255 e. The molecule has 2 heterocycles. The van der Waals surface area contributed by atoms with Crippen molar-refractivity contribution in [3.8, 4) is 16.5 Å². The molecule has 27 heavy (non-hydrogen) atoms. The molecule has 0 unspecified atom stereocenters. The number of rotatable bonds is 7. The van der Waals surface area contributed by atoms with Crippen molar-refractivity contribution < 1.29 is 9.53 Å². The third kappa shape index (κ3) is 4.67. The van der Waals surface area contributed by atoms with Crippen LogP contribution in [-0.2, 0) is 6.42 Å². The van der Waals surface area contributed by atoms with E-state index in [0.29, 0.717) is 28.7 Å². The summed E-state index contributed by atoms with van der Waals surface area (Å²) in [7, 11) is 1.65. The second-order valence-electron chi connectivity index (χ2n) is 5.85. The highest BCUT2D eigenvalue weighted by atomic mass is 32.2. The topological polar surface area (TPSA) is 64.1 Å². The lowest BCUT2D eigenvalue weighted by Crippen LogP contribution is -2.27. The Labute approximate surface area is 167 Å². The fourth-order valence-electron chi connectivity index (χ4n) is 2.67. The van der Waals surface area contributed by atoms with E-state index in [2.05, 4.69) is 15.3 Å². The molecule has 5 nitrogen and oxygen atoms in total. The number of aromatic nitrogens is 2. The van der Waals surface area contributed by atoms with E-state index >= 15 is 0 Å². The summed E-state index contributed by atoms with van der Waals surface area (Å²) in [5.74, 6) is 1.36. The highest BCUT2D eigenvalue weighted by Gasteiger charge is 2.19. The fraction of sp³-hybridized carbons (Fsp3) is 0.250. The molecule has 0 radical (unpaired) electrons. The number of ether oxygens (including phenoxy) is 1. The van der Waals surface area contributed by atoms with Crippen LogP contribution >= 0.6 is 23.1 Å². The first-order valence-corrected chi connectivity index (χ1v) is 10.6. The van der Waals surface area contributed by atoms with Gasteiger partial charge in [-0.2, -0.15) is 0 Å². The van der Waals surface area contributed by atoms with E-state index in [1.54, 1.807) is 18.4 Å². The zero-order valence-electron chi connectivity index (χ0n) is 15.5. The maximum absolute atomic E-state index is 12.7. The molecule has 0 saturated heterocycles. The summed E-state index contributed by atoms with van der Waals surface area (Å²) in [5.41, 5.74) is 2.39. The monoisotopic (exact) mass is 399 g/mol. The zero-order chi connectivity index (χ0) is 19.2. The van der Waals surface area contributed by atoms with Crippen molar-refractivity contribution in [1.29, 1.82) is 0 Å². The van der Waals surface area contributed by atoms with Crippen LogP contribution in [0.5, 0.6) is 5.75 Å². The Hall–Kier alpha value is -2.38. The number of amides is 1. The van der Waals surface area contributed by atoms with Gasteiger partial charge < -0.3 is 10.1 Å². The predicted octanol–water partition coefficient (Wildman–Crippen LogP) is 4.22. The summed E-state index contributed by atoms with van der Waals surface area (Å²) in [5, 5.41) is 5.68. The van der Waals surface area contributed by atoms with Crippen LogP contribution in [0, 0.1) is 6.92 Å². The minimum atomic E-state index is -0.136. The van der Waals surface area contributed by atoms with Crippen molar-refractivity contribution in [2.24, 2.45) is 0 Å². The number of thiophene rings is 1. The van der Waals surface area contributed by atoms with Crippen molar-refractivity contribution in [3.63, 3.8) is 0 Å². The smallest absolute Gasteiger partial charge is 0.255 e.